The van der Waals surface area contributed by atoms with Crippen molar-refractivity contribution in [1.29, 1.82) is 0 Å². The van der Waals surface area contributed by atoms with E-state index in [1.165, 1.54) is 42.5 Å². The normalized spacial score (nSPS) is 22.6. The third-order valence-corrected chi connectivity index (χ3v) is 3.67. The Morgan fingerprint density at radius 3 is 1.93 bits per heavy atom. The van der Waals surface area contributed by atoms with Crippen LogP contribution in [0.15, 0.2) is 24.3 Å². The third kappa shape index (κ3) is 1.21. The summed E-state index contributed by atoms with van der Waals surface area (Å²) in [6, 6.07) is 8.78. The molecule has 1 spiro atoms. The molecule has 0 atom stereocenters. The van der Waals surface area contributed by atoms with Crippen LogP contribution in [0.3, 0.4) is 0 Å². The number of fused-ring (bicyclic) bond motifs is 1. The van der Waals surface area contributed by atoms with Crippen molar-refractivity contribution in [1.82, 2.24) is 0 Å². The highest BCUT2D eigenvalue weighted by Gasteiger charge is 2.29. The van der Waals surface area contributed by atoms with Crippen LogP contribution in [0.2, 0.25) is 0 Å². The highest BCUT2D eigenvalue weighted by atomic mass is 14.3. The van der Waals surface area contributed by atoms with Gasteiger partial charge in [-0.25, -0.2) is 0 Å². The Labute approximate surface area is 85.0 Å². The molecule has 2 aliphatic carbocycles. The lowest BCUT2D eigenvalue weighted by Gasteiger charge is -2.29. The zero-order valence-electron chi connectivity index (χ0n) is 8.50. The van der Waals surface area contributed by atoms with E-state index >= 15 is 0 Å². The van der Waals surface area contributed by atoms with E-state index in [0.29, 0.717) is 5.41 Å². The van der Waals surface area contributed by atoms with Crippen molar-refractivity contribution in [3.8, 4) is 0 Å². The maximum Gasteiger partial charge on any atom is 0.00793 e. The largest absolute Gasteiger partial charge is 0.0666 e. The Kier molecular flexibility index (Phi) is 1.76. The lowest BCUT2D eigenvalue weighted by atomic mass is 9.75. The molecule has 0 saturated heterocycles. The molecule has 0 amide bonds. The maximum atomic E-state index is 2.50. The zero-order chi connectivity index (χ0) is 9.43. The van der Waals surface area contributed by atoms with E-state index in [-0.39, 0.29) is 0 Å². The van der Waals surface area contributed by atoms with Crippen LogP contribution in [-0.2, 0) is 0 Å². The molecule has 1 saturated carbocycles. The molecule has 1 aromatic carbocycles. The Bertz CT molecular complexity index is 410. The number of hydrogen-bond acceptors (Lipinski definition) is 0. The first-order chi connectivity index (χ1) is 6.88. The summed E-state index contributed by atoms with van der Waals surface area (Å²) in [6.07, 6.45) is 12.0. The molecule has 3 rings (SSSR count). The van der Waals surface area contributed by atoms with E-state index < -0.39 is 0 Å². The predicted molar refractivity (Wildman–Crippen MR) is 60.1 cm³/mol. The highest BCUT2D eigenvalue weighted by molar-refractivity contribution is 5.56. The van der Waals surface area contributed by atoms with Gasteiger partial charge in [0.2, 0.25) is 0 Å². The fraction of sp³-hybridized carbons (Fsp3) is 0.429. The Morgan fingerprint density at radius 2 is 1.36 bits per heavy atom. The maximum absolute atomic E-state index is 2.50. The summed E-state index contributed by atoms with van der Waals surface area (Å²) in [6.45, 7) is 0. The number of benzene rings is 1. The fourth-order valence-electron chi connectivity index (χ4n) is 2.93. The SMILES string of the molecule is C1=c2ccccc2=CC12CCCCC2. The van der Waals surface area contributed by atoms with Crippen molar-refractivity contribution in [3.05, 3.63) is 34.7 Å². The van der Waals surface area contributed by atoms with Gasteiger partial charge < -0.3 is 0 Å². The third-order valence-electron chi connectivity index (χ3n) is 3.67. The first kappa shape index (κ1) is 8.28. The van der Waals surface area contributed by atoms with Crippen LogP contribution >= 0.6 is 0 Å². The molecule has 0 radical (unpaired) electrons. The molecule has 0 N–H and O–H groups in total. The van der Waals surface area contributed by atoms with Crippen molar-refractivity contribution in [2.24, 2.45) is 5.41 Å². The topological polar surface area (TPSA) is 0 Å². The molecule has 0 heteroatoms. The molecule has 72 valence electrons. The van der Waals surface area contributed by atoms with E-state index in [1.54, 1.807) is 0 Å². The summed E-state index contributed by atoms with van der Waals surface area (Å²) >= 11 is 0. The highest BCUT2D eigenvalue weighted by Crippen LogP contribution is 2.40. The minimum Gasteiger partial charge on any atom is -0.0666 e. The quantitative estimate of drug-likeness (QED) is 0.580. The number of rotatable bonds is 0. The number of hydrogen-bond donors (Lipinski definition) is 0. The van der Waals surface area contributed by atoms with Gasteiger partial charge >= 0.3 is 0 Å². The van der Waals surface area contributed by atoms with Gasteiger partial charge in [-0.2, -0.15) is 0 Å². The molecule has 0 nitrogen and oxygen atoms in total. The Morgan fingerprint density at radius 1 is 0.786 bits per heavy atom. The van der Waals surface area contributed by atoms with Gasteiger partial charge in [0.25, 0.3) is 0 Å². The van der Waals surface area contributed by atoms with E-state index in [9.17, 15) is 0 Å². The van der Waals surface area contributed by atoms with E-state index in [2.05, 4.69) is 36.4 Å². The van der Waals surface area contributed by atoms with Crippen LogP contribution in [0.1, 0.15) is 32.1 Å². The second-order valence-corrected chi connectivity index (χ2v) is 4.71. The minimum atomic E-state index is 0.432. The Balaban J connectivity index is 2.12. The predicted octanol–water partition coefficient (Wildman–Crippen LogP) is 2.21. The van der Waals surface area contributed by atoms with E-state index in [1.807, 2.05) is 0 Å². The molecule has 0 unspecified atom stereocenters. The second-order valence-electron chi connectivity index (χ2n) is 4.71. The molecule has 0 aliphatic heterocycles. The van der Waals surface area contributed by atoms with Crippen LogP contribution in [0.25, 0.3) is 12.2 Å². The monoisotopic (exact) mass is 184 g/mol. The lowest BCUT2D eigenvalue weighted by molar-refractivity contribution is 0.369. The molecule has 14 heavy (non-hydrogen) atoms. The summed E-state index contributed by atoms with van der Waals surface area (Å²) in [7, 11) is 0. The first-order valence-corrected chi connectivity index (χ1v) is 5.69. The average molecular weight is 184 g/mol. The van der Waals surface area contributed by atoms with Gasteiger partial charge in [0.15, 0.2) is 0 Å². The Hall–Kier alpha value is -1.04. The summed E-state index contributed by atoms with van der Waals surface area (Å²) in [5.41, 5.74) is 0.432. The van der Waals surface area contributed by atoms with Gasteiger partial charge in [-0.05, 0) is 23.3 Å². The van der Waals surface area contributed by atoms with Crippen LogP contribution < -0.4 is 10.4 Å². The zero-order valence-corrected chi connectivity index (χ0v) is 8.50. The van der Waals surface area contributed by atoms with Gasteiger partial charge in [0.05, 0.1) is 0 Å². The van der Waals surface area contributed by atoms with Gasteiger partial charge in [-0.15, -0.1) is 0 Å². The van der Waals surface area contributed by atoms with Crippen molar-refractivity contribution < 1.29 is 0 Å². The summed E-state index contributed by atoms with van der Waals surface area (Å²) in [5.74, 6) is 0. The molecule has 0 bridgehead atoms. The molecule has 1 fully saturated rings. The fourth-order valence-corrected chi connectivity index (χ4v) is 2.93. The van der Waals surface area contributed by atoms with E-state index in [4.69, 9.17) is 0 Å². The van der Waals surface area contributed by atoms with Crippen molar-refractivity contribution in [3.63, 3.8) is 0 Å². The van der Waals surface area contributed by atoms with Gasteiger partial charge in [0.1, 0.15) is 0 Å². The molecule has 2 aliphatic rings. The molecule has 1 aromatic rings. The summed E-state index contributed by atoms with van der Waals surface area (Å²) in [5, 5.41) is 2.91. The van der Waals surface area contributed by atoms with Crippen molar-refractivity contribution in [2.75, 3.05) is 0 Å². The summed E-state index contributed by atoms with van der Waals surface area (Å²) in [4.78, 5) is 0. The molecule has 0 aromatic heterocycles. The van der Waals surface area contributed by atoms with Crippen LogP contribution in [0, 0.1) is 5.41 Å². The molecular weight excluding hydrogens is 168 g/mol. The van der Waals surface area contributed by atoms with Crippen molar-refractivity contribution in [2.45, 2.75) is 32.1 Å². The standard InChI is InChI=1S/C14H16/c1-4-8-14(9-5-1)10-12-6-2-3-7-13(12)11-14/h2-3,6-7,10-11H,1,4-5,8-9H2. The van der Waals surface area contributed by atoms with Crippen LogP contribution in [0.5, 0.6) is 0 Å². The van der Waals surface area contributed by atoms with Crippen molar-refractivity contribution >= 4 is 12.2 Å². The summed E-state index contributed by atoms with van der Waals surface area (Å²) < 4.78 is 0. The van der Waals surface area contributed by atoms with Crippen LogP contribution in [-0.4, -0.2) is 0 Å². The van der Waals surface area contributed by atoms with Gasteiger partial charge in [-0.3, -0.25) is 0 Å². The van der Waals surface area contributed by atoms with Gasteiger partial charge in [0, 0.05) is 5.41 Å². The van der Waals surface area contributed by atoms with E-state index in [0.717, 1.165) is 0 Å². The van der Waals surface area contributed by atoms with Gasteiger partial charge in [-0.1, -0.05) is 55.7 Å². The molecule has 0 heterocycles. The average Bonchev–Trinajstić information content (AvgIpc) is 2.56. The second kappa shape index (κ2) is 2.98. The molecular formula is C14H16. The lowest BCUT2D eigenvalue weighted by Crippen LogP contribution is -2.19. The first-order valence-electron chi connectivity index (χ1n) is 5.69. The smallest absolute Gasteiger partial charge is 0.00793 e. The van der Waals surface area contributed by atoms with Crippen LogP contribution in [0.4, 0.5) is 0 Å². The minimum absolute atomic E-state index is 0.432.